The van der Waals surface area contributed by atoms with Gasteiger partial charge in [0.25, 0.3) is 5.69 Å². The maximum absolute atomic E-state index is 10.7. The third-order valence-corrected chi connectivity index (χ3v) is 2.81. The van der Waals surface area contributed by atoms with Gasteiger partial charge in [-0.1, -0.05) is 6.07 Å². The highest BCUT2D eigenvalue weighted by molar-refractivity contribution is 9.10. The Morgan fingerprint density at radius 1 is 1.53 bits per heavy atom. The van der Waals surface area contributed by atoms with Gasteiger partial charge in [-0.05, 0) is 34.5 Å². The summed E-state index contributed by atoms with van der Waals surface area (Å²) in [6, 6.07) is 4.94. The highest BCUT2D eigenvalue weighted by Crippen LogP contribution is 2.25. The van der Waals surface area contributed by atoms with Gasteiger partial charge in [0.15, 0.2) is 0 Å². The highest BCUT2D eigenvalue weighted by Gasteiger charge is 2.12. The smallest absolute Gasteiger partial charge is 0.283 e. The third kappa shape index (κ3) is 4.41. The number of hydrogen-bond donors (Lipinski definition) is 0. The SMILES string of the molecule is COCC(C)OCc1ccc(Br)c([N+](=O)[O-])c1. The summed E-state index contributed by atoms with van der Waals surface area (Å²) in [5.74, 6) is 0. The van der Waals surface area contributed by atoms with Crippen LogP contribution in [-0.4, -0.2) is 24.7 Å². The lowest BCUT2D eigenvalue weighted by atomic mass is 10.2. The molecule has 0 radical (unpaired) electrons. The Balaban J connectivity index is 2.66. The number of rotatable bonds is 6. The van der Waals surface area contributed by atoms with E-state index >= 15 is 0 Å². The van der Waals surface area contributed by atoms with E-state index in [1.54, 1.807) is 19.2 Å². The molecule has 0 spiro atoms. The van der Waals surface area contributed by atoms with Crippen LogP contribution < -0.4 is 0 Å². The summed E-state index contributed by atoms with van der Waals surface area (Å²) in [4.78, 5) is 10.3. The van der Waals surface area contributed by atoms with Crippen molar-refractivity contribution in [2.45, 2.75) is 19.6 Å². The number of nitrogens with zero attached hydrogens (tertiary/aromatic N) is 1. The summed E-state index contributed by atoms with van der Waals surface area (Å²) in [5.41, 5.74) is 0.813. The first kappa shape index (κ1) is 14.1. The van der Waals surface area contributed by atoms with Crippen molar-refractivity contribution in [1.29, 1.82) is 0 Å². The van der Waals surface area contributed by atoms with Crippen LogP contribution in [0.15, 0.2) is 22.7 Å². The number of benzene rings is 1. The van der Waals surface area contributed by atoms with Crippen molar-refractivity contribution in [3.05, 3.63) is 38.3 Å². The van der Waals surface area contributed by atoms with Gasteiger partial charge in [-0.3, -0.25) is 10.1 Å². The molecule has 17 heavy (non-hydrogen) atoms. The highest BCUT2D eigenvalue weighted by atomic mass is 79.9. The lowest BCUT2D eigenvalue weighted by molar-refractivity contribution is -0.385. The van der Waals surface area contributed by atoms with Crippen LogP contribution in [0, 0.1) is 10.1 Å². The average Bonchev–Trinajstić information content (AvgIpc) is 2.28. The molecule has 0 aliphatic carbocycles. The summed E-state index contributed by atoms with van der Waals surface area (Å²) in [6.45, 7) is 2.72. The number of ether oxygens (including phenoxy) is 2. The van der Waals surface area contributed by atoms with E-state index in [0.717, 1.165) is 5.56 Å². The van der Waals surface area contributed by atoms with E-state index in [4.69, 9.17) is 9.47 Å². The lowest BCUT2D eigenvalue weighted by Crippen LogP contribution is -2.14. The minimum Gasteiger partial charge on any atom is -0.382 e. The topological polar surface area (TPSA) is 61.6 Å². The second kappa shape index (κ2) is 6.68. The first-order valence-corrected chi connectivity index (χ1v) is 5.87. The largest absolute Gasteiger partial charge is 0.382 e. The average molecular weight is 304 g/mol. The molecule has 94 valence electrons. The van der Waals surface area contributed by atoms with Crippen LogP contribution in [0.4, 0.5) is 5.69 Å². The van der Waals surface area contributed by atoms with Crippen molar-refractivity contribution in [2.75, 3.05) is 13.7 Å². The molecule has 0 saturated heterocycles. The Kier molecular flexibility index (Phi) is 5.54. The zero-order valence-corrected chi connectivity index (χ0v) is 11.3. The Bertz CT molecular complexity index is 397. The number of halogens is 1. The molecule has 1 atom stereocenters. The van der Waals surface area contributed by atoms with Gasteiger partial charge in [-0.15, -0.1) is 0 Å². The minimum atomic E-state index is -0.424. The molecule has 0 fully saturated rings. The Labute approximate surface area is 108 Å². The van der Waals surface area contributed by atoms with Crippen molar-refractivity contribution in [3.63, 3.8) is 0 Å². The predicted molar refractivity (Wildman–Crippen MR) is 66.9 cm³/mol. The maximum Gasteiger partial charge on any atom is 0.283 e. The van der Waals surface area contributed by atoms with Crippen LogP contribution in [0.2, 0.25) is 0 Å². The molecule has 1 aromatic rings. The first-order chi connectivity index (χ1) is 8.04. The molecule has 0 saturated carbocycles. The van der Waals surface area contributed by atoms with Gasteiger partial charge in [-0.2, -0.15) is 0 Å². The molecular formula is C11H14BrNO4. The monoisotopic (exact) mass is 303 g/mol. The van der Waals surface area contributed by atoms with Crippen LogP contribution in [0.3, 0.4) is 0 Å². The molecule has 0 aromatic heterocycles. The molecule has 0 amide bonds. The summed E-state index contributed by atoms with van der Waals surface area (Å²) in [7, 11) is 1.60. The fourth-order valence-corrected chi connectivity index (χ4v) is 1.70. The van der Waals surface area contributed by atoms with E-state index in [9.17, 15) is 10.1 Å². The van der Waals surface area contributed by atoms with Crippen molar-refractivity contribution in [1.82, 2.24) is 0 Å². The molecular weight excluding hydrogens is 290 g/mol. The zero-order chi connectivity index (χ0) is 12.8. The standard InChI is InChI=1S/C11H14BrNO4/c1-8(6-16-2)17-7-9-3-4-10(12)11(5-9)13(14)15/h3-5,8H,6-7H2,1-2H3. The van der Waals surface area contributed by atoms with Gasteiger partial charge in [0.2, 0.25) is 0 Å². The third-order valence-electron chi connectivity index (χ3n) is 2.14. The molecule has 1 rings (SSSR count). The fraction of sp³-hybridized carbons (Fsp3) is 0.455. The summed E-state index contributed by atoms with van der Waals surface area (Å²) in [6.07, 6.45) is -0.0392. The van der Waals surface area contributed by atoms with Crippen LogP contribution in [0.25, 0.3) is 0 Å². The molecule has 0 aliphatic heterocycles. The number of hydrogen-bond acceptors (Lipinski definition) is 4. The first-order valence-electron chi connectivity index (χ1n) is 5.08. The second-order valence-electron chi connectivity index (χ2n) is 3.62. The number of methoxy groups -OCH3 is 1. The van der Waals surface area contributed by atoms with E-state index in [2.05, 4.69) is 15.9 Å². The Hall–Kier alpha value is -0.980. The maximum atomic E-state index is 10.7. The van der Waals surface area contributed by atoms with E-state index in [1.807, 2.05) is 6.92 Å². The molecule has 0 aliphatic rings. The van der Waals surface area contributed by atoms with Gasteiger partial charge in [0.1, 0.15) is 0 Å². The fourth-order valence-electron chi connectivity index (χ4n) is 1.31. The molecule has 6 heteroatoms. The summed E-state index contributed by atoms with van der Waals surface area (Å²) in [5, 5.41) is 10.7. The summed E-state index contributed by atoms with van der Waals surface area (Å²) < 4.78 is 10.9. The van der Waals surface area contributed by atoms with Crippen molar-refractivity contribution in [2.24, 2.45) is 0 Å². The normalized spacial score (nSPS) is 12.4. The Morgan fingerprint density at radius 3 is 2.82 bits per heavy atom. The van der Waals surface area contributed by atoms with E-state index in [-0.39, 0.29) is 11.8 Å². The number of nitro benzene ring substituents is 1. The van der Waals surface area contributed by atoms with Gasteiger partial charge in [-0.25, -0.2) is 0 Å². The van der Waals surface area contributed by atoms with Crippen LogP contribution in [0.1, 0.15) is 12.5 Å². The number of nitro groups is 1. The Morgan fingerprint density at radius 2 is 2.24 bits per heavy atom. The van der Waals surface area contributed by atoms with Gasteiger partial charge in [0.05, 0.1) is 28.7 Å². The van der Waals surface area contributed by atoms with E-state index in [0.29, 0.717) is 17.7 Å². The molecule has 0 N–H and O–H groups in total. The summed E-state index contributed by atoms with van der Waals surface area (Å²) >= 11 is 3.13. The molecule has 5 nitrogen and oxygen atoms in total. The van der Waals surface area contributed by atoms with Gasteiger partial charge < -0.3 is 9.47 Å². The van der Waals surface area contributed by atoms with E-state index in [1.165, 1.54) is 6.07 Å². The van der Waals surface area contributed by atoms with Crippen molar-refractivity contribution in [3.8, 4) is 0 Å². The molecule has 0 heterocycles. The van der Waals surface area contributed by atoms with Crippen LogP contribution in [0.5, 0.6) is 0 Å². The van der Waals surface area contributed by atoms with Gasteiger partial charge in [0, 0.05) is 13.2 Å². The second-order valence-corrected chi connectivity index (χ2v) is 4.47. The van der Waals surface area contributed by atoms with E-state index < -0.39 is 4.92 Å². The molecule has 1 unspecified atom stereocenters. The molecule has 0 bridgehead atoms. The lowest BCUT2D eigenvalue weighted by Gasteiger charge is -2.11. The minimum absolute atomic E-state index is 0.0392. The molecule has 1 aromatic carbocycles. The van der Waals surface area contributed by atoms with Crippen LogP contribution in [-0.2, 0) is 16.1 Å². The van der Waals surface area contributed by atoms with Crippen LogP contribution >= 0.6 is 15.9 Å². The van der Waals surface area contributed by atoms with Crippen molar-refractivity contribution < 1.29 is 14.4 Å². The zero-order valence-electron chi connectivity index (χ0n) is 9.68. The van der Waals surface area contributed by atoms with Gasteiger partial charge >= 0.3 is 0 Å². The predicted octanol–water partition coefficient (Wildman–Crippen LogP) is 2.91. The van der Waals surface area contributed by atoms with Crippen molar-refractivity contribution >= 4 is 21.6 Å². The quantitative estimate of drug-likeness (QED) is 0.599.